The number of nitrogens with zero attached hydrogens (tertiary/aromatic N) is 1. The molecule has 0 radical (unpaired) electrons. The standard InChI is InChI=1S/C22H23ClF2N2O5S2/c1-2-34(30,31)26-12-19(28)27-11-3-10-22(33(29)15-6-4-14(23)5-7-15)18(27)13-32-21-17(25)9-8-16(24)20(21)22/h4-9,18,26H,2-3,10-13H2,1H3/t18-,22+,33?/m0/s1. The summed E-state index contributed by atoms with van der Waals surface area (Å²) < 4.78 is 74.1. The molecule has 2 aliphatic heterocycles. The highest BCUT2D eigenvalue weighted by atomic mass is 35.5. The van der Waals surface area contributed by atoms with E-state index in [0.29, 0.717) is 16.3 Å². The monoisotopic (exact) mass is 532 g/mol. The van der Waals surface area contributed by atoms with Crippen LogP contribution in [0.3, 0.4) is 0 Å². The number of hydrogen-bond donors (Lipinski definition) is 1. The van der Waals surface area contributed by atoms with Crippen molar-refractivity contribution in [2.24, 2.45) is 0 Å². The minimum absolute atomic E-state index is 0.177. The maximum Gasteiger partial charge on any atom is 0.238 e. The highest BCUT2D eigenvalue weighted by Crippen LogP contribution is 2.53. The fourth-order valence-electron chi connectivity index (χ4n) is 4.58. The zero-order chi connectivity index (χ0) is 24.7. The van der Waals surface area contributed by atoms with Crippen molar-refractivity contribution < 1.29 is 31.3 Å². The average Bonchev–Trinajstić information content (AvgIpc) is 2.84. The van der Waals surface area contributed by atoms with Gasteiger partial charge in [-0.1, -0.05) is 11.6 Å². The Kier molecular flexibility index (Phi) is 7.12. The van der Waals surface area contributed by atoms with Crippen LogP contribution in [0.25, 0.3) is 0 Å². The van der Waals surface area contributed by atoms with E-state index in [1.54, 1.807) is 24.3 Å². The van der Waals surface area contributed by atoms with Gasteiger partial charge >= 0.3 is 0 Å². The second-order valence-electron chi connectivity index (χ2n) is 8.09. The van der Waals surface area contributed by atoms with Crippen LogP contribution in [-0.2, 0) is 30.7 Å². The topological polar surface area (TPSA) is 98.8 Å². The molecule has 184 valence electrons. The molecule has 2 aliphatic rings. The third-order valence-corrected chi connectivity index (χ3v) is 9.87. The number of carbonyl (C=O) groups is 1. The van der Waals surface area contributed by atoms with Crippen molar-refractivity contribution in [3.63, 3.8) is 0 Å². The first-order valence-electron chi connectivity index (χ1n) is 10.7. The highest BCUT2D eigenvalue weighted by Gasteiger charge is 2.62. The van der Waals surface area contributed by atoms with Gasteiger partial charge in [0.1, 0.15) is 18.5 Å². The van der Waals surface area contributed by atoms with Crippen LogP contribution in [-0.4, -0.2) is 55.3 Å². The Hall–Kier alpha value is -1.92. The van der Waals surface area contributed by atoms with E-state index in [1.807, 2.05) is 0 Å². The van der Waals surface area contributed by atoms with E-state index < -0.39 is 56.1 Å². The molecule has 2 aromatic rings. The Morgan fingerprint density at radius 2 is 1.94 bits per heavy atom. The molecular formula is C22H23ClF2N2O5S2. The van der Waals surface area contributed by atoms with Crippen LogP contribution in [0.15, 0.2) is 41.3 Å². The molecule has 1 fully saturated rings. The van der Waals surface area contributed by atoms with Gasteiger partial charge < -0.3 is 14.2 Å². The van der Waals surface area contributed by atoms with E-state index >= 15 is 4.39 Å². The van der Waals surface area contributed by atoms with Crippen molar-refractivity contribution in [2.45, 2.75) is 35.4 Å². The average molecular weight is 533 g/mol. The first kappa shape index (κ1) is 25.2. The van der Waals surface area contributed by atoms with E-state index in [4.69, 9.17) is 16.3 Å². The van der Waals surface area contributed by atoms with Crippen molar-refractivity contribution in [2.75, 3.05) is 25.4 Å². The molecule has 0 aliphatic carbocycles. The number of nitrogens with one attached hydrogen (secondary N) is 1. The fourth-order valence-corrected chi connectivity index (χ4v) is 7.21. The molecule has 0 aromatic heterocycles. The van der Waals surface area contributed by atoms with Crippen molar-refractivity contribution in [1.29, 1.82) is 0 Å². The van der Waals surface area contributed by atoms with Gasteiger partial charge in [-0.05, 0) is 60.9 Å². The van der Waals surface area contributed by atoms with Gasteiger partial charge in [0.2, 0.25) is 15.9 Å². The zero-order valence-corrected chi connectivity index (χ0v) is 20.6. The molecule has 3 atom stereocenters. The molecule has 2 heterocycles. The van der Waals surface area contributed by atoms with Gasteiger partial charge in [-0.15, -0.1) is 0 Å². The van der Waals surface area contributed by atoms with Crippen LogP contribution < -0.4 is 9.46 Å². The minimum atomic E-state index is -3.63. The van der Waals surface area contributed by atoms with Gasteiger partial charge in [-0.3, -0.25) is 4.79 Å². The quantitative estimate of drug-likeness (QED) is 0.577. The van der Waals surface area contributed by atoms with Crippen molar-refractivity contribution in [1.82, 2.24) is 9.62 Å². The number of hydrogen-bond acceptors (Lipinski definition) is 5. The van der Waals surface area contributed by atoms with E-state index in [-0.39, 0.29) is 36.6 Å². The van der Waals surface area contributed by atoms with E-state index in [9.17, 15) is 22.2 Å². The van der Waals surface area contributed by atoms with Gasteiger partial charge in [0, 0.05) is 18.0 Å². The molecule has 12 heteroatoms. The largest absolute Gasteiger partial charge is 0.611 e. The maximum atomic E-state index is 15.3. The Bertz CT molecular complexity index is 1200. The molecule has 1 amide bonds. The molecule has 0 saturated carbocycles. The second kappa shape index (κ2) is 9.62. The van der Waals surface area contributed by atoms with Crippen LogP contribution >= 0.6 is 11.6 Å². The second-order valence-corrected chi connectivity index (χ2v) is 12.4. The first-order valence-corrected chi connectivity index (χ1v) is 13.8. The summed E-state index contributed by atoms with van der Waals surface area (Å²) in [4.78, 5) is 14.8. The van der Waals surface area contributed by atoms with Crippen LogP contribution in [0.5, 0.6) is 5.75 Å². The summed E-state index contributed by atoms with van der Waals surface area (Å²) >= 11 is 4.04. The summed E-state index contributed by atoms with van der Waals surface area (Å²) in [6, 6.07) is 7.18. The number of piperidine rings is 1. The maximum absolute atomic E-state index is 15.3. The summed E-state index contributed by atoms with van der Waals surface area (Å²) in [5.74, 6) is -2.66. The van der Waals surface area contributed by atoms with Gasteiger partial charge in [0.05, 0.1) is 17.9 Å². The van der Waals surface area contributed by atoms with Gasteiger partial charge in [-0.2, -0.15) is 0 Å². The van der Waals surface area contributed by atoms with Crippen molar-refractivity contribution >= 4 is 38.7 Å². The lowest BCUT2D eigenvalue weighted by molar-refractivity contribution is -0.136. The minimum Gasteiger partial charge on any atom is -0.611 e. The van der Waals surface area contributed by atoms with Crippen molar-refractivity contribution in [3.8, 4) is 5.75 Å². The predicted octanol–water partition coefficient (Wildman–Crippen LogP) is 2.94. The Labute approximate surface area is 204 Å². The smallest absolute Gasteiger partial charge is 0.238 e. The molecule has 1 saturated heterocycles. The van der Waals surface area contributed by atoms with Gasteiger partial charge in [-0.25, -0.2) is 21.9 Å². The van der Waals surface area contributed by atoms with E-state index in [2.05, 4.69) is 4.72 Å². The Morgan fingerprint density at radius 3 is 2.62 bits per heavy atom. The molecule has 2 aromatic carbocycles. The number of benzene rings is 2. The molecule has 1 N–H and O–H groups in total. The van der Waals surface area contributed by atoms with Gasteiger partial charge in [0.25, 0.3) is 0 Å². The lowest BCUT2D eigenvalue weighted by Gasteiger charge is -2.51. The van der Waals surface area contributed by atoms with E-state index in [1.165, 1.54) is 11.8 Å². The molecule has 34 heavy (non-hydrogen) atoms. The van der Waals surface area contributed by atoms with Crippen molar-refractivity contribution in [3.05, 3.63) is 58.6 Å². The van der Waals surface area contributed by atoms with Crippen LogP contribution in [0.1, 0.15) is 25.3 Å². The van der Waals surface area contributed by atoms with Crippen LogP contribution in [0.4, 0.5) is 8.78 Å². The fraction of sp³-hybridized carbons (Fsp3) is 0.409. The number of ether oxygens (including phenoxy) is 1. The van der Waals surface area contributed by atoms with Gasteiger partial charge in [0.15, 0.2) is 21.2 Å². The predicted molar refractivity (Wildman–Crippen MR) is 124 cm³/mol. The number of sulfonamides is 1. The Morgan fingerprint density at radius 1 is 1.26 bits per heavy atom. The number of amides is 1. The summed E-state index contributed by atoms with van der Waals surface area (Å²) in [5, 5.41) is 0.419. The third-order valence-electron chi connectivity index (χ3n) is 6.23. The molecule has 1 unspecified atom stereocenters. The molecule has 0 bridgehead atoms. The zero-order valence-electron chi connectivity index (χ0n) is 18.2. The summed E-state index contributed by atoms with van der Waals surface area (Å²) in [5.41, 5.74) is -0.177. The molecule has 7 nitrogen and oxygen atoms in total. The lowest BCUT2D eigenvalue weighted by Crippen LogP contribution is -2.65. The van der Waals surface area contributed by atoms with Crippen LogP contribution in [0, 0.1) is 11.6 Å². The highest BCUT2D eigenvalue weighted by molar-refractivity contribution is 7.92. The summed E-state index contributed by atoms with van der Waals surface area (Å²) in [6.07, 6.45) is 0.547. The molecule has 4 rings (SSSR count). The number of likely N-dealkylation sites (tertiary alicyclic amines) is 1. The Balaban J connectivity index is 1.82. The number of carbonyl (C=O) groups excluding carboxylic acids is 1. The van der Waals surface area contributed by atoms with Crippen LogP contribution in [0.2, 0.25) is 5.02 Å². The van der Waals surface area contributed by atoms with E-state index in [0.717, 1.165) is 12.1 Å². The lowest BCUT2D eigenvalue weighted by atomic mass is 9.80. The summed E-state index contributed by atoms with van der Waals surface area (Å²) in [6.45, 7) is 0.942. The molecule has 0 spiro atoms. The first-order chi connectivity index (χ1) is 16.1. The normalized spacial score (nSPS) is 23.0. The summed E-state index contributed by atoms with van der Waals surface area (Å²) in [7, 11) is -3.63. The number of rotatable bonds is 6. The molecular weight excluding hydrogens is 510 g/mol. The third kappa shape index (κ3) is 4.39. The number of fused-ring (bicyclic) bond motifs is 3. The SMILES string of the molecule is CCS(=O)(=O)NCC(=O)N1CCC[C@]2([S+]([O-])c3ccc(Cl)cc3)c3c(F)ccc(F)c3OC[C@H]12. The number of halogens is 3.